The standard InChI is InChI=1S/C24H28N8O5/c1-24(2,3)37-22(36)16(9-10-17(33)34)29-21(35)13-5-7-15(8-6-13)32(4)12-14-11-27-20-18(28-14)19(25)30-23(26)31-20/h5-8,11H,9-10,12H2,1-4H3,(H,33,34)(H4,25,26,27,30,31)/b29-16-. The second-order valence-electron chi connectivity index (χ2n) is 9.16. The summed E-state index contributed by atoms with van der Waals surface area (Å²) in [5, 5.41) is 8.97. The van der Waals surface area contributed by atoms with Crippen molar-refractivity contribution in [1.82, 2.24) is 19.9 Å². The van der Waals surface area contributed by atoms with Gasteiger partial charge < -0.3 is 26.2 Å². The van der Waals surface area contributed by atoms with E-state index < -0.39 is 23.4 Å². The normalized spacial score (nSPS) is 11.8. The van der Waals surface area contributed by atoms with Crippen LogP contribution in [0, 0.1) is 0 Å². The van der Waals surface area contributed by atoms with Crippen LogP contribution >= 0.6 is 0 Å². The average molecular weight is 509 g/mol. The Morgan fingerprint density at radius 1 is 1.05 bits per heavy atom. The number of anilines is 3. The van der Waals surface area contributed by atoms with Gasteiger partial charge in [-0.1, -0.05) is 0 Å². The molecule has 13 nitrogen and oxygen atoms in total. The molecule has 0 saturated heterocycles. The summed E-state index contributed by atoms with van der Waals surface area (Å²) in [6.45, 7) is 5.37. The quantitative estimate of drug-likeness (QED) is 0.296. The summed E-state index contributed by atoms with van der Waals surface area (Å²) in [5.41, 5.74) is 12.7. The van der Waals surface area contributed by atoms with Crippen LogP contribution in [-0.2, 0) is 20.9 Å². The van der Waals surface area contributed by atoms with Gasteiger partial charge in [-0.2, -0.15) is 9.97 Å². The number of aliphatic imine (C=N–C) groups is 1. The Morgan fingerprint density at radius 2 is 1.73 bits per heavy atom. The van der Waals surface area contributed by atoms with Gasteiger partial charge in [-0.15, -0.1) is 0 Å². The molecule has 0 atom stereocenters. The first-order valence-corrected chi connectivity index (χ1v) is 11.2. The zero-order chi connectivity index (χ0) is 27.3. The van der Waals surface area contributed by atoms with Gasteiger partial charge in [0, 0.05) is 24.7 Å². The van der Waals surface area contributed by atoms with E-state index in [1.807, 2.05) is 11.9 Å². The van der Waals surface area contributed by atoms with Crippen molar-refractivity contribution < 1.29 is 24.2 Å². The summed E-state index contributed by atoms with van der Waals surface area (Å²) in [4.78, 5) is 58.5. The van der Waals surface area contributed by atoms with E-state index in [9.17, 15) is 14.4 Å². The first-order valence-electron chi connectivity index (χ1n) is 11.2. The number of ether oxygens (including phenoxy) is 1. The number of esters is 1. The van der Waals surface area contributed by atoms with Gasteiger partial charge in [-0.05, 0) is 45.0 Å². The minimum atomic E-state index is -1.12. The molecule has 0 aliphatic rings. The van der Waals surface area contributed by atoms with Gasteiger partial charge in [-0.3, -0.25) is 9.59 Å². The van der Waals surface area contributed by atoms with Crippen LogP contribution in [0.3, 0.4) is 0 Å². The molecule has 0 radical (unpaired) electrons. The molecule has 0 aliphatic heterocycles. The molecular weight excluding hydrogens is 480 g/mol. The monoisotopic (exact) mass is 508 g/mol. The summed E-state index contributed by atoms with van der Waals surface area (Å²) >= 11 is 0. The number of aromatic nitrogens is 4. The molecular formula is C24H28N8O5. The lowest BCUT2D eigenvalue weighted by Gasteiger charge is -2.20. The Bertz CT molecular complexity index is 1370. The van der Waals surface area contributed by atoms with Gasteiger partial charge >= 0.3 is 11.9 Å². The molecule has 3 aromatic rings. The van der Waals surface area contributed by atoms with Gasteiger partial charge in [0.05, 0.1) is 24.9 Å². The maximum absolute atomic E-state index is 12.7. The number of fused-ring (bicyclic) bond motifs is 1. The average Bonchev–Trinajstić information content (AvgIpc) is 2.80. The molecule has 37 heavy (non-hydrogen) atoms. The lowest BCUT2D eigenvalue weighted by Crippen LogP contribution is -2.30. The molecule has 0 unspecified atom stereocenters. The number of benzene rings is 1. The van der Waals surface area contributed by atoms with Crippen LogP contribution in [0.15, 0.2) is 35.5 Å². The highest BCUT2D eigenvalue weighted by molar-refractivity contribution is 6.38. The van der Waals surface area contributed by atoms with Crippen LogP contribution in [0.1, 0.15) is 49.7 Å². The number of nitrogens with two attached hydrogens (primary N) is 2. The predicted molar refractivity (Wildman–Crippen MR) is 137 cm³/mol. The number of carbonyl (C=O) groups excluding carboxylic acids is 2. The van der Waals surface area contributed by atoms with Crippen molar-refractivity contribution in [3.8, 4) is 0 Å². The third-order valence-electron chi connectivity index (χ3n) is 4.90. The van der Waals surface area contributed by atoms with Crippen molar-refractivity contribution in [3.05, 3.63) is 41.7 Å². The molecule has 2 heterocycles. The van der Waals surface area contributed by atoms with E-state index in [1.165, 1.54) is 0 Å². The van der Waals surface area contributed by atoms with Crippen LogP contribution in [0.5, 0.6) is 0 Å². The van der Waals surface area contributed by atoms with Gasteiger partial charge in [-0.25, -0.2) is 19.8 Å². The van der Waals surface area contributed by atoms with Crippen LogP contribution < -0.4 is 16.4 Å². The number of aliphatic carboxylic acids is 1. The Hall–Kier alpha value is -4.68. The fourth-order valence-corrected chi connectivity index (χ4v) is 3.20. The lowest BCUT2D eigenvalue weighted by molar-refractivity contribution is -0.146. The number of hydrogen-bond donors (Lipinski definition) is 3. The van der Waals surface area contributed by atoms with Crippen LogP contribution in [0.2, 0.25) is 0 Å². The van der Waals surface area contributed by atoms with E-state index in [0.717, 1.165) is 5.69 Å². The fraction of sp³-hybridized carbons (Fsp3) is 0.333. The number of amides is 1. The molecule has 1 amide bonds. The molecule has 2 aromatic heterocycles. The Balaban J connectivity index is 1.75. The van der Waals surface area contributed by atoms with E-state index in [4.69, 9.17) is 21.3 Å². The van der Waals surface area contributed by atoms with Crippen molar-refractivity contribution in [2.24, 2.45) is 4.99 Å². The summed E-state index contributed by atoms with van der Waals surface area (Å²) in [5.74, 6) is -2.48. The van der Waals surface area contributed by atoms with Crippen LogP contribution in [0.4, 0.5) is 17.5 Å². The van der Waals surface area contributed by atoms with Crippen molar-refractivity contribution in [1.29, 1.82) is 0 Å². The molecule has 1 aromatic carbocycles. The fourth-order valence-electron chi connectivity index (χ4n) is 3.20. The number of nitrogens with zero attached hydrogens (tertiary/aromatic N) is 6. The number of rotatable bonds is 8. The predicted octanol–water partition coefficient (Wildman–Crippen LogP) is 2.01. The minimum absolute atomic E-state index is 0.0169. The molecule has 0 fully saturated rings. The molecule has 13 heteroatoms. The van der Waals surface area contributed by atoms with Crippen molar-refractivity contribution in [3.63, 3.8) is 0 Å². The van der Waals surface area contributed by atoms with E-state index in [-0.39, 0.29) is 35.9 Å². The summed E-state index contributed by atoms with van der Waals surface area (Å²) in [6.07, 6.45) is 0.969. The van der Waals surface area contributed by atoms with E-state index in [1.54, 1.807) is 51.2 Å². The van der Waals surface area contributed by atoms with Gasteiger partial charge in [0.25, 0.3) is 5.91 Å². The Labute approximate surface area is 212 Å². The number of carboxylic acid groups (broad SMARTS) is 1. The lowest BCUT2D eigenvalue weighted by atomic mass is 10.1. The number of carbonyl (C=O) groups is 3. The van der Waals surface area contributed by atoms with E-state index >= 15 is 0 Å². The first-order chi connectivity index (χ1) is 17.3. The zero-order valence-corrected chi connectivity index (χ0v) is 20.9. The SMILES string of the molecule is CN(Cc1cnc2nc(N)nc(N)c2n1)c1ccc(C(=O)/N=C(/CCC(=O)O)C(=O)OC(C)(C)C)cc1. The number of nitrogen functional groups attached to an aromatic ring is 2. The van der Waals surface area contributed by atoms with Gasteiger partial charge in [0.1, 0.15) is 11.3 Å². The smallest absolute Gasteiger partial charge is 0.353 e. The Kier molecular flexibility index (Phi) is 7.95. The van der Waals surface area contributed by atoms with E-state index in [0.29, 0.717) is 23.4 Å². The second kappa shape index (κ2) is 10.9. The molecule has 194 valence electrons. The summed E-state index contributed by atoms with van der Waals surface area (Å²) in [6, 6.07) is 6.53. The second-order valence-corrected chi connectivity index (χ2v) is 9.16. The van der Waals surface area contributed by atoms with Crippen LogP contribution in [0.25, 0.3) is 11.2 Å². The topological polar surface area (TPSA) is 200 Å². The largest absolute Gasteiger partial charge is 0.481 e. The van der Waals surface area contributed by atoms with Crippen molar-refractivity contribution >= 4 is 52.2 Å². The highest BCUT2D eigenvalue weighted by atomic mass is 16.6. The highest BCUT2D eigenvalue weighted by Crippen LogP contribution is 2.19. The highest BCUT2D eigenvalue weighted by Gasteiger charge is 2.23. The third-order valence-corrected chi connectivity index (χ3v) is 4.90. The Morgan fingerprint density at radius 3 is 2.35 bits per heavy atom. The summed E-state index contributed by atoms with van der Waals surface area (Å²) in [7, 11) is 1.83. The zero-order valence-electron chi connectivity index (χ0n) is 20.9. The molecule has 5 N–H and O–H groups in total. The first kappa shape index (κ1) is 26.9. The van der Waals surface area contributed by atoms with Crippen molar-refractivity contribution in [2.45, 2.75) is 45.8 Å². The third kappa shape index (κ3) is 7.40. The molecule has 0 bridgehead atoms. The number of hydrogen-bond acceptors (Lipinski definition) is 11. The molecule has 3 rings (SSSR count). The summed E-state index contributed by atoms with van der Waals surface area (Å²) < 4.78 is 5.26. The van der Waals surface area contributed by atoms with Crippen LogP contribution in [-0.4, -0.2) is 61.2 Å². The molecule has 0 aliphatic carbocycles. The van der Waals surface area contributed by atoms with Crippen molar-refractivity contribution in [2.75, 3.05) is 23.4 Å². The minimum Gasteiger partial charge on any atom is -0.481 e. The van der Waals surface area contributed by atoms with E-state index in [2.05, 4.69) is 24.9 Å². The van der Waals surface area contributed by atoms with Gasteiger partial charge in [0.15, 0.2) is 17.0 Å². The maximum Gasteiger partial charge on any atom is 0.353 e. The molecule has 0 saturated carbocycles. The maximum atomic E-state index is 12.7. The number of carboxylic acids is 1. The molecule has 0 spiro atoms. The van der Waals surface area contributed by atoms with Gasteiger partial charge in [0.2, 0.25) is 5.95 Å².